The molecule has 5 heteroatoms. The molecule has 2 amide bonds. The number of aryl methyl sites for hydroxylation is 1. The van der Waals surface area contributed by atoms with Crippen LogP contribution in [0.3, 0.4) is 0 Å². The van der Waals surface area contributed by atoms with Gasteiger partial charge >= 0.3 is 0 Å². The van der Waals surface area contributed by atoms with Crippen LogP contribution in [-0.2, 0) is 16.0 Å². The van der Waals surface area contributed by atoms with Crippen molar-refractivity contribution in [1.82, 2.24) is 4.90 Å². The van der Waals surface area contributed by atoms with E-state index < -0.39 is 0 Å². The first-order chi connectivity index (χ1) is 10.0. The van der Waals surface area contributed by atoms with Gasteiger partial charge in [-0.1, -0.05) is 19.1 Å². The van der Waals surface area contributed by atoms with Crippen molar-refractivity contribution in [2.45, 2.75) is 44.0 Å². The van der Waals surface area contributed by atoms with E-state index in [0.29, 0.717) is 12.2 Å². The average Bonchev–Trinajstić information content (AvgIpc) is 2.97. The van der Waals surface area contributed by atoms with E-state index in [4.69, 9.17) is 0 Å². The molecule has 0 saturated carbocycles. The second-order valence-corrected chi connectivity index (χ2v) is 7.31. The number of hydrogen-bond acceptors (Lipinski definition) is 3. The second-order valence-electron chi connectivity index (χ2n) is 5.81. The summed E-state index contributed by atoms with van der Waals surface area (Å²) in [5.74, 6) is 0.705. The molecule has 0 aromatic heterocycles. The number of amides is 2. The number of nitrogens with zero attached hydrogens (tertiary/aromatic N) is 1. The fraction of sp³-hybridized carbons (Fsp3) is 0.500. The van der Waals surface area contributed by atoms with Gasteiger partial charge in [0.1, 0.15) is 6.04 Å². The van der Waals surface area contributed by atoms with Crippen LogP contribution in [0.5, 0.6) is 0 Å². The van der Waals surface area contributed by atoms with E-state index in [1.165, 1.54) is 5.56 Å². The molecule has 2 unspecified atom stereocenters. The molecular weight excluding hydrogens is 284 g/mol. The lowest BCUT2D eigenvalue weighted by atomic mass is 10.1. The molecular formula is C16H20N2O2S. The maximum Gasteiger partial charge on any atom is 0.248 e. The highest BCUT2D eigenvalue weighted by Crippen LogP contribution is 2.47. The number of anilines is 1. The summed E-state index contributed by atoms with van der Waals surface area (Å²) >= 11 is 1.72. The summed E-state index contributed by atoms with van der Waals surface area (Å²) in [4.78, 5) is 26.1. The van der Waals surface area contributed by atoms with E-state index in [2.05, 4.69) is 19.2 Å². The van der Waals surface area contributed by atoms with Crippen LogP contribution < -0.4 is 5.32 Å². The highest BCUT2D eigenvalue weighted by molar-refractivity contribution is 8.01. The van der Waals surface area contributed by atoms with Gasteiger partial charge in [-0.2, -0.15) is 0 Å². The third-order valence-electron chi connectivity index (χ3n) is 4.38. The second kappa shape index (κ2) is 5.37. The summed E-state index contributed by atoms with van der Waals surface area (Å²) in [6.07, 6.45) is 2.37. The Morgan fingerprint density at radius 1 is 1.43 bits per heavy atom. The number of benzene rings is 1. The molecule has 0 aliphatic carbocycles. The summed E-state index contributed by atoms with van der Waals surface area (Å²) < 4.78 is 0. The minimum Gasteiger partial charge on any atom is -0.324 e. The van der Waals surface area contributed by atoms with E-state index in [9.17, 15) is 9.59 Å². The van der Waals surface area contributed by atoms with E-state index in [-0.39, 0.29) is 22.7 Å². The van der Waals surface area contributed by atoms with Crippen LogP contribution in [0.1, 0.15) is 32.3 Å². The Morgan fingerprint density at radius 3 is 2.81 bits per heavy atom. The summed E-state index contributed by atoms with van der Waals surface area (Å²) in [6, 6.07) is 7.53. The van der Waals surface area contributed by atoms with Crippen molar-refractivity contribution in [2.75, 3.05) is 11.1 Å². The topological polar surface area (TPSA) is 49.4 Å². The number of carbonyl (C=O) groups is 2. The first-order valence-electron chi connectivity index (χ1n) is 7.39. The van der Waals surface area contributed by atoms with Gasteiger partial charge in [0.2, 0.25) is 11.8 Å². The minimum atomic E-state index is -0.346. The lowest BCUT2D eigenvalue weighted by Crippen LogP contribution is -2.48. The van der Waals surface area contributed by atoms with Crippen LogP contribution in [0.2, 0.25) is 0 Å². The van der Waals surface area contributed by atoms with E-state index in [1.54, 1.807) is 16.7 Å². The van der Waals surface area contributed by atoms with E-state index >= 15 is 0 Å². The molecule has 2 fully saturated rings. The molecule has 112 valence electrons. The minimum absolute atomic E-state index is 0.0780. The molecule has 1 aromatic carbocycles. The predicted molar refractivity (Wildman–Crippen MR) is 85.2 cm³/mol. The molecule has 0 bridgehead atoms. The Bertz CT molecular complexity index is 572. The fourth-order valence-corrected chi connectivity index (χ4v) is 4.50. The molecule has 21 heavy (non-hydrogen) atoms. The SMILES string of the molecule is CCc1ccc(NC(=O)C2CSC3(C)CCC(=O)N23)cc1. The molecule has 0 radical (unpaired) electrons. The first kappa shape index (κ1) is 14.4. The number of rotatable bonds is 3. The normalized spacial score (nSPS) is 27.8. The predicted octanol–water partition coefficient (Wildman–Crippen LogP) is 2.64. The fourth-order valence-electron chi connectivity index (χ4n) is 3.06. The number of hydrogen-bond donors (Lipinski definition) is 1. The van der Waals surface area contributed by atoms with Gasteiger partial charge in [-0.25, -0.2) is 0 Å². The van der Waals surface area contributed by atoms with Crippen LogP contribution in [0, 0.1) is 0 Å². The van der Waals surface area contributed by atoms with E-state index in [0.717, 1.165) is 18.5 Å². The number of fused-ring (bicyclic) bond motifs is 1. The molecule has 3 rings (SSSR count). The van der Waals surface area contributed by atoms with Crippen LogP contribution in [0.4, 0.5) is 5.69 Å². The molecule has 2 saturated heterocycles. The van der Waals surface area contributed by atoms with Gasteiger partial charge in [0.05, 0.1) is 4.87 Å². The molecule has 2 heterocycles. The van der Waals surface area contributed by atoms with Crippen molar-refractivity contribution < 1.29 is 9.59 Å². The molecule has 4 nitrogen and oxygen atoms in total. The zero-order valence-electron chi connectivity index (χ0n) is 12.4. The van der Waals surface area contributed by atoms with Gasteiger partial charge in [-0.3, -0.25) is 9.59 Å². The Morgan fingerprint density at radius 2 is 2.14 bits per heavy atom. The third-order valence-corrected chi connectivity index (χ3v) is 5.88. The van der Waals surface area contributed by atoms with Gasteiger partial charge in [0.25, 0.3) is 0 Å². The van der Waals surface area contributed by atoms with Crippen LogP contribution in [0.15, 0.2) is 24.3 Å². The molecule has 2 aliphatic rings. The van der Waals surface area contributed by atoms with Gasteiger partial charge < -0.3 is 10.2 Å². The molecule has 2 atom stereocenters. The molecule has 0 spiro atoms. The van der Waals surface area contributed by atoms with Gasteiger partial charge in [0.15, 0.2) is 0 Å². The van der Waals surface area contributed by atoms with Crippen molar-refractivity contribution in [2.24, 2.45) is 0 Å². The molecule has 1 aromatic rings. The number of carbonyl (C=O) groups excluding carboxylic acids is 2. The Kier molecular flexibility index (Phi) is 3.69. The standard InChI is InChI=1S/C16H20N2O2S/c1-3-11-4-6-12(7-5-11)17-15(20)13-10-21-16(2)9-8-14(19)18(13)16/h4-7,13H,3,8-10H2,1-2H3,(H,17,20). The largest absolute Gasteiger partial charge is 0.324 e. The Labute approximate surface area is 129 Å². The summed E-state index contributed by atoms with van der Waals surface area (Å²) in [5, 5.41) is 2.94. The molecule has 1 N–H and O–H groups in total. The van der Waals surface area contributed by atoms with Crippen molar-refractivity contribution in [1.29, 1.82) is 0 Å². The summed E-state index contributed by atoms with van der Waals surface area (Å²) in [5.41, 5.74) is 2.04. The Balaban J connectivity index is 1.72. The lowest BCUT2D eigenvalue weighted by molar-refractivity contribution is -0.135. The van der Waals surface area contributed by atoms with Gasteiger partial charge in [0, 0.05) is 17.9 Å². The van der Waals surface area contributed by atoms with Gasteiger partial charge in [-0.05, 0) is 37.5 Å². The summed E-state index contributed by atoms with van der Waals surface area (Å²) in [6.45, 7) is 4.16. The first-order valence-corrected chi connectivity index (χ1v) is 8.38. The third kappa shape index (κ3) is 2.55. The average molecular weight is 304 g/mol. The van der Waals surface area contributed by atoms with E-state index in [1.807, 2.05) is 24.3 Å². The van der Waals surface area contributed by atoms with Gasteiger partial charge in [-0.15, -0.1) is 11.8 Å². The lowest BCUT2D eigenvalue weighted by Gasteiger charge is -2.29. The van der Waals surface area contributed by atoms with Crippen LogP contribution >= 0.6 is 11.8 Å². The van der Waals surface area contributed by atoms with Crippen LogP contribution in [-0.4, -0.2) is 33.4 Å². The zero-order chi connectivity index (χ0) is 15.0. The molecule has 2 aliphatic heterocycles. The Hall–Kier alpha value is -1.49. The highest BCUT2D eigenvalue weighted by atomic mass is 32.2. The highest BCUT2D eigenvalue weighted by Gasteiger charge is 2.52. The number of thioether (sulfide) groups is 1. The maximum atomic E-state index is 12.5. The van der Waals surface area contributed by atoms with Crippen molar-refractivity contribution in [3.63, 3.8) is 0 Å². The zero-order valence-corrected chi connectivity index (χ0v) is 13.2. The quantitative estimate of drug-likeness (QED) is 0.934. The maximum absolute atomic E-state index is 12.5. The van der Waals surface area contributed by atoms with Crippen molar-refractivity contribution in [3.05, 3.63) is 29.8 Å². The van der Waals surface area contributed by atoms with Crippen molar-refractivity contribution in [3.8, 4) is 0 Å². The smallest absolute Gasteiger partial charge is 0.248 e. The number of nitrogens with one attached hydrogen (secondary N) is 1. The van der Waals surface area contributed by atoms with Crippen molar-refractivity contribution >= 4 is 29.3 Å². The summed E-state index contributed by atoms with van der Waals surface area (Å²) in [7, 11) is 0. The monoisotopic (exact) mass is 304 g/mol. The van der Waals surface area contributed by atoms with Crippen LogP contribution in [0.25, 0.3) is 0 Å².